The maximum absolute atomic E-state index is 14.1. The third kappa shape index (κ3) is 4.16. The molecule has 3 heterocycles. The van der Waals surface area contributed by atoms with E-state index < -0.39 is 0 Å². The molecule has 1 unspecified atom stereocenters. The van der Waals surface area contributed by atoms with Gasteiger partial charge in [-0.05, 0) is 19.8 Å². The molecule has 3 atom stereocenters. The summed E-state index contributed by atoms with van der Waals surface area (Å²) in [5.41, 5.74) is 1.65. The predicted molar refractivity (Wildman–Crippen MR) is 91.8 cm³/mol. The molecule has 2 aromatic heterocycles. The van der Waals surface area contributed by atoms with Gasteiger partial charge in [0.05, 0.1) is 25.6 Å². The molecular weight excluding hydrogens is 323 g/mol. The van der Waals surface area contributed by atoms with E-state index in [9.17, 15) is 4.39 Å². The number of hydrogen-bond donors (Lipinski definition) is 1. The molecule has 136 valence electrons. The molecule has 1 saturated heterocycles. The fourth-order valence-electron chi connectivity index (χ4n) is 3.32. The largest absolute Gasteiger partial charge is 0.481 e. The fraction of sp³-hybridized carbons (Fsp3) is 0.556. The molecule has 1 fully saturated rings. The quantitative estimate of drug-likeness (QED) is 0.870. The Morgan fingerprint density at radius 3 is 3.04 bits per heavy atom. The molecule has 1 aliphatic heterocycles. The molecule has 0 aliphatic carbocycles. The zero-order valence-electron chi connectivity index (χ0n) is 14.9. The van der Waals surface area contributed by atoms with Crippen molar-refractivity contribution in [3.05, 3.63) is 41.6 Å². The minimum atomic E-state index is -0.329. The zero-order valence-corrected chi connectivity index (χ0v) is 14.9. The number of nitrogens with one attached hydrogen (secondary N) is 1. The van der Waals surface area contributed by atoms with Crippen LogP contribution in [0.15, 0.2) is 24.7 Å². The standard InChI is InChI=1S/C18H25FN4O2/c1-12(15-7-17(24-3)21-10-16(15)19)20-8-13-5-4-6-25-18(13)14-9-22-23(2)11-14/h7,9-13,18,20H,4-6,8H2,1-3H3/t12?,13-,18+/m0/s1. The molecule has 2 aromatic rings. The van der Waals surface area contributed by atoms with Crippen LogP contribution in [0.1, 0.15) is 43.0 Å². The summed E-state index contributed by atoms with van der Waals surface area (Å²) in [4.78, 5) is 3.89. The number of aryl methyl sites for hydroxylation is 1. The fourth-order valence-corrected chi connectivity index (χ4v) is 3.32. The average molecular weight is 348 g/mol. The number of nitrogens with zero attached hydrogens (tertiary/aromatic N) is 3. The summed E-state index contributed by atoms with van der Waals surface area (Å²) in [5, 5.41) is 7.68. The highest BCUT2D eigenvalue weighted by atomic mass is 19.1. The van der Waals surface area contributed by atoms with Crippen LogP contribution in [-0.4, -0.2) is 35.0 Å². The Kier molecular flexibility index (Phi) is 5.65. The number of methoxy groups -OCH3 is 1. The van der Waals surface area contributed by atoms with Gasteiger partial charge >= 0.3 is 0 Å². The van der Waals surface area contributed by atoms with Crippen molar-refractivity contribution in [1.82, 2.24) is 20.1 Å². The summed E-state index contributed by atoms with van der Waals surface area (Å²) in [6.07, 6.45) is 7.20. The number of hydrogen-bond acceptors (Lipinski definition) is 5. The van der Waals surface area contributed by atoms with Crippen LogP contribution in [0.5, 0.6) is 5.88 Å². The first-order valence-corrected chi connectivity index (χ1v) is 8.61. The highest BCUT2D eigenvalue weighted by molar-refractivity contribution is 5.25. The third-order valence-electron chi connectivity index (χ3n) is 4.72. The Morgan fingerprint density at radius 1 is 1.48 bits per heavy atom. The van der Waals surface area contributed by atoms with Crippen molar-refractivity contribution in [2.75, 3.05) is 20.3 Å². The van der Waals surface area contributed by atoms with E-state index in [1.807, 2.05) is 26.4 Å². The van der Waals surface area contributed by atoms with Gasteiger partial charge in [-0.1, -0.05) is 0 Å². The van der Waals surface area contributed by atoms with Crippen molar-refractivity contribution < 1.29 is 13.9 Å². The number of pyridine rings is 1. The summed E-state index contributed by atoms with van der Waals surface area (Å²) in [6, 6.07) is 1.50. The highest BCUT2D eigenvalue weighted by Gasteiger charge is 2.29. The van der Waals surface area contributed by atoms with Gasteiger partial charge in [0.1, 0.15) is 5.82 Å². The van der Waals surface area contributed by atoms with Crippen molar-refractivity contribution in [3.8, 4) is 5.88 Å². The average Bonchev–Trinajstić information content (AvgIpc) is 3.06. The second-order valence-corrected chi connectivity index (χ2v) is 6.52. The molecule has 25 heavy (non-hydrogen) atoms. The topological polar surface area (TPSA) is 61.2 Å². The van der Waals surface area contributed by atoms with Crippen LogP contribution in [0.4, 0.5) is 4.39 Å². The van der Waals surface area contributed by atoms with E-state index in [1.54, 1.807) is 10.7 Å². The maximum atomic E-state index is 14.1. The number of ether oxygens (including phenoxy) is 2. The molecule has 3 rings (SSSR count). The van der Waals surface area contributed by atoms with Crippen molar-refractivity contribution in [1.29, 1.82) is 0 Å². The molecule has 6 nitrogen and oxygen atoms in total. The lowest BCUT2D eigenvalue weighted by Gasteiger charge is -2.32. The summed E-state index contributed by atoms with van der Waals surface area (Å²) < 4.78 is 27.0. The first-order chi connectivity index (χ1) is 12.1. The molecule has 0 aromatic carbocycles. The predicted octanol–water partition coefficient (Wildman–Crippen LogP) is 2.78. The minimum Gasteiger partial charge on any atom is -0.481 e. The van der Waals surface area contributed by atoms with Crippen molar-refractivity contribution in [2.45, 2.75) is 31.9 Å². The molecule has 7 heteroatoms. The van der Waals surface area contributed by atoms with Crippen molar-refractivity contribution in [2.24, 2.45) is 13.0 Å². The van der Waals surface area contributed by atoms with Crippen LogP contribution in [0.3, 0.4) is 0 Å². The van der Waals surface area contributed by atoms with E-state index in [2.05, 4.69) is 15.4 Å². The second kappa shape index (κ2) is 7.93. The van der Waals surface area contributed by atoms with Gasteiger partial charge in [0.2, 0.25) is 5.88 Å². The number of halogens is 1. The van der Waals surface area contributed by atoms with Gasteiger partial charge in [-0.2, -0.15) is 5.10 Å². The normalized spacial score (nSPS) is 21.9. The van der Waals surface area contributed by atoms with Crippen LogP contribution in [0.2, 0.25) is 0 Å². The summed E-state index contributed by atoms with van der Waals surface area (Å²) >= 11 is 0. The second-order valence-electron chi connectivity index (χ2n) is 6.52. The van der Waals surface area contributed by atoms with Gasteiger partial charge in [-0.25, -0.2) is 9.37 Å². The lowest BCUT2D eigenvalue weighted by atomic mass is 9.90. The monoisotopic (exact) mass is 348 g/mol. The van der Waals surface area contributed by atoms with Crippen molar-refractivity contribution >= 4 is 0 Å². The Bertz CT molecular complexity index is 706. The van der Waals surface area contributed by atoms with Crippen LogP contribution < -0.4 is 10.1 Å². The highest BCUT2D eigenvalue weighted by Crippen LogP contribution is 2.33. The number of aromatic nitrogens is 3. The molecule has 1 N–H and O–H groups in total. The lowest BCUT2D eigenvalue weighted by Crippen LogP contribution is -2.33. The van der Waals surface area contributed by atoms with E-state index in [4.69, 9.17) is 9.47 Å². The van der Waals surface area contributed by atoms with Crippen LogP contribution in [0, 0.1) is 11.7 Å². The van der Waals surface area contributed by atoms with Gasteiger partial charge in [0.25, 0.3) is 0 Å². The Labute approximate surface area is 147 Å². The maximum Gasteiger partial charge on any atom is 0.213 e. The summed E-state index contributed by atoms with van der Waals surface area (Å²) in [7, 11) is 3.43. The third-order valence-corrected chi connectivity index (χ3v) is 4.72. The van der Waals surface area contributed by atoms with Crippen LogP contribution in [-0.2, 0) is 11.8 Å². The molecule has 0 radical (unpaired) electrons. The van der Waals surface area contributed by atoms with Crippen LogP contribution >= 0.6 is 0 Å². The molecule has 1 aliphatic rings. The van der Waals surface area contributed by atoms with E-state index in [0.29, 0.717) is 17.4 Å². The van der Waals surface area contributed by atoms with Gasteiger partial charge < -0.3 is 14.8 Å². The van der Waals surface area contributed by atoms with E-state index in [0.717, 1.165) is 31.6 Å². The summed E-state index contributed by atoms with van der Waals surface area (Å²) in [5.74, 6) is 0.413. The zero-order chi connectivity index (χ0) is 17.8. The lowest BCUT2D eigenvalue weighted by molar-refractivity contribution is -0.0284. The Balaban J connectivity index is 1.66. The van der Waals surface area contributed by atoms with E-state index in [1.165, 1.54) is 13.3 Å². The van der Waals surface area contributed by atoms with Gasteiger partial charge in [-0.3, -0.25) is 4.68 Å². The molecule has 0 saturated carbocycles. The Hall–Kier alpha value is -1.99. The smallest absolute Gasteiger partial charge is 0.213 e. The number of rotatable bonds is 6. The van der Waals surface area contributed by atoms with Crippen LogP contribution in [0.25, 0.3) is 0 Å². The molecular formula is C18H25FN4O2. The van der Waals surface area contributed by atoms with Gasteiger partial charge in [-0.15, -0.1) is 0 Å². The first-order valence-electron chi connectivity index (χ1n) is 8.61. The summed E-state index contributed by atoms with van der Waals surface area (Å²) in [6.45, 7) is 3.45. The first kappa shape index (κ1) is 17.8. The SMILES string of the molecule is COc1cc(C(C)NC[C@@H]2CCCO[C@H]2c2cnn(C)c2)c(F)cn1. The van der Waals surface area contributed by atoms with Gasteiger partial charge in [0.15, 0.2) is 0 Å². The Morgan fingerprint density at radius 2 is 2.32 bits per heavy atom. The molecule has 0 bridgehead atoms. The van der Waals surface area contributed by atoms with E-state index in [-0.39, 0.29) is 18.0 Å². The molecule has 0 spiro atoms. The molecule has 0 amide bonds. The van der Waals surface area contributed by atoms with E-state index >= 15 is 0 Å². The minimum absolute atomic E-state index is 0.0268. The van der Waals surface area contributed by atoms with Crippen molar-refractivity contribution in [3.63, 3.8) is 0 Å². The van der Waals surface area contributed by atoms with Gasteiger partial charge in [0, 0.05) is 55.5 Å².